The summed E-state index contributed by atoms with van der Waals surface area (Å²) in [5.41, 5.74) is 0.445. The highest BCUT2D eigenvalue weighted by Gasteiger charge is 2.53. The van der Waals surface area contributed by atoms with Crippen molar-refractivity contribution in [3.05, 3.63) is 47.5 Å². The van der Waals surface area contributed by atoms with Gasteiger partial charge in [0.05, 0.1) is 25.2 Å². The third kappa shape index (κ3) is 4.48. The zero-order valence-electron chi connectivity index (χ0n) is 20.8. The van der Waals surface area contributed by atoms with Gasteiger partial charge in [0, 0.05) is 37.7 Å². The molecule has 1 saturated carbocycles. The van der Waals surface area contributed by atoms with Gasteiger partial charge in [0.1, 0.15) is 11.5 Å². The molecule has 2 aromatic carbocycles. The Bertz CT molecular complexity index is 1260. The van der Waals surface area contributed by atoms with Gasteiger partial charge in [0.2, 0.25) is 5.91 Å². The molecule has 1 aliphatic carbocycles. The van der Waals surface area contributed by atoms with Gasteiger partial charge in [-0.2, -0.15) is 0 Å². The number of methoxy groups -OCH3 is 1. The monoisotopic (exact) mass is 530 g/mol. The number of nitrogens with one attached hydrogen (secondary N) is 1. The van der Waals surface area contributed by atoms with E-state index in [1.165, 1.54) is 12.1 Å². The van der Waals surface area contributed by atoms with E-state index in [-0.39, 0.29) is 29.7 Å². The Morgan fingerprint density at radius 3 is 2.63 bits per heavy atom. The molecule has 4 aliphatic rings. The molecule has 0 aromatic heterocycles. The molecule has 2 fully saturated rings. The molecular formula is C27H28F2N2O7. The second-order valence-corrected chi connectivity index (χ2v) is 9.97. The summed E-state index contributed by atoms with van der Waals surface area (Å²) in [6.07, 6.45) is -2.40. The lowest BCUT2D eigenvalue weighted by atomic mass is 9.91. The summed E-state index contributed by atoms with van der Waals surface area (Å²) < 4.78 is 53.1. The smallest absolute Gasteiger partial charge is 0.497 e. The molecule has 3 aliphatic heterocycles. The first-order valence-corrected chi connectivity index (χ1v) is 12.7. The van der Waals surface area contributed by atoms with Gasteiger partial charge in [0.25, 0.3) is 5.91 Å². The van der Waals surface area contributed by atoms with E-state index in [4.69, 9.17) is 14.2 Å². The maximum Gasteiger partial charge on any atom is 0.586 e. The maximum atomic E-state index is 13.7. The highest BCUT2D eigenvalue weighted by Crippen LogP contribution is 2.52. The number of hydrogen-bond donors (Lipinski definition) is 1. The molecule has 2 amide bonds. The predicted octanol–water partition coefficient (Wildman–Crippen LogP) is 3.31. The number of halogens is 2. The van der Waals surface area contributed by atoms with Crippen LogP contribution in [0, 0.1) is 0 Å². The van der Waals surface area contributed by atoms with E-state index in [0.29, 0.717) is 56.2 Å². The van der Waals surface area contributed by atoms with Crippen LogP contribution in [-0.2, 0) is 19.7 Å². The van der Waals surface area contributed by atoms with Crippen molar-refractivity contribution < 1.29 is 42.1 Å². The predicted molar refractivity (Wildman–Crippen MR) is 128 cm³/mol. The number of hydrogen-bond acceptors (Lipinski definition) is 7. The van der Waals surface area contributed by atoms with Crippen LogP contribution >= 0.6 is 0 Å². The Balaban J connectivity index is 1.25. The summed E-state index contributed by atoms with van der Waals surface area (Å²) >= 11 is 0. The molecule has 1 N–H and O–H groups in total. The van der Waals surface area contributed by atoms with E-state index in [0.717, 1.165) is 12.0 Å². The number of ether oxygens (including phenoxy) is 5. The summed E-state index contributed by atoms with van der Waals surface area (Å²) in [5, 5.41) is 3.12. The lowest BCUT2D eigenvalue weighted by Gasteiger charge is -2.35. The van der Waals surface area contributed by atoms with Crippen molar-refractivity contribution in [3.8, 4) is 23.0 Å². The fourth-order valence-corrected chi connectivity index (χ4v) is 5.35. The molecule has 2 aromatic rings. The molecule has 0 spiro atoms. The molecule has 3 heterocycles. The lowest BCUT2D eigenvalue weighted by Crippen LogP contribution is -2.48. The molecule has 6 rings (SSSR count). The van der Waals surface area contributed by atoms with Crippen molar-refractivity contribution in [2.75, 3.05) is 33.4 Å². The third-order valence-electron chi connectivity index (χ3n) is 7.57. The molecule has 1 saturated heterocycles. The van der Waals surface area contributed by atoms with Gasteiger partial charge in [-0.25, -0.2) is 0 Å². The number of carbonyl (C=O) groups is 2. The van der Waals surface area contributed by atoms with Gasteiger partial charge < -0.3 is 33.9 Å². The number of nitrogens with zero attached hydrogens (tertiary/aromatic N) is 1. The highest BCUT2D eigenvalue weighted by atomic mass is 19.3. The molecule has 202 valence electrons. The fraction of sp³-hybridized carbons (Fsp3) is 0.481. The van der Waals surface area contributed by atoms with Crippen molar-refractivity contribution in [2.24, 2.45) is 0 Å². The van der Waals surface area contributed by atoms with Gasteiger partial charge in [0.15, 0.2) is 17.6 Å². The first-order chi connectivity index (χ1) is 18.3. The molecule has 0 radical (unpaired) electrons. The lowest BCUT2D eigenvalue weighted by molar-refractivity contribution is -0.286. The fourth-order valence-electron chi connectivity index (χ4n) is 5.35. The van der Waals surface area contributed by atoms with Crippen molar-refractivity contribution in [2.45, 2.75) is 49.5 Å². The topological polar surface area (TPSA) is 95.6 Å². The van der Waals surface area contributed by atoms with Crippen LogP contribution in [0.2, 0.25) is 0 Å². The molecule has 0 bridgehead atoms. The number of amides is 2. The van der Waals surface area contributed by atoms with Crippen LogP contribution in [0.15, 0.2) is 36.4 Å². The van der Waals surface area contributed by atoms with E-state index in [9.17, 15) is 18.4 Å². The molecular weight excluding hydrogens is 502 g/mol. The first kappa shape index (κ1) is 24.7. The Morgan fingerprint density at radius 2 is 1.84 bits per heavy atom. The average Bonchev–Trinajstić information content (AvgIpc) is 3.69. The second-order valence-electron chi connectivity index (χ2n) is 9.97. The summed E-state index contributed by atoms with van der Waals surface area (Å²) in [6.45, 7) is 2.13. The number of carbonyl (C=O) groups excluding carboxylic acids is 2. The molecule has 11 heteroatoms. The summed E-state index contributed by atoms with van der Waals surface area (Å²) in [4.78, 5) is 28.8. The van der Waals surface area contributed by atoms with Gasteiger partial charge in [-0.3, -0.25) is 9.59 Å². The van der Waals surface area contributed by atoms with E-state index < -0.39 is 23.9 Å². The standard InChI is InChI=1S/C27H28F2N2O7/c1-34-17-4-5-18-19(15-23(36-21(18)14-17)24(32)31-9-2-11-35-12-10-31)30-25(33)26(7-8-26)16-3-6-20-22(13-16)38-27(28,29)37-20/h3-6,13-14,19,23H,2,7-12,15H2,1H3,(H,30,33)/t19-,23-/m1/s1. The zero-order valence-corrected chi connectivity index (χ0v) is 20.8. The van der Waals surface area contributed by atoms with Gasteiger partial charge in [-0.15, -0.1) is 8.78 Å². The van der Waals surface area contributed by atoms with Crippen LogP contribution in [0.5, 0.6) is 23.0 Å². The summed E-state index contributed by atoms with van der Waals surface area (Å²) in [5.74, 6) is 0.485. The average molecular weight is 531 g/mol. The second kappa shape index (κ2) is 9.30. The van der Waals surface area contributed by atoms with Gasteiger partial charge >= 0.3 is 6.29 Å². The van der Waals surface area contributed by atoms with E-state index in [2.05, 4.69) is 14.8 Å². The number of rotatable bonds is 5. The molecule has 2 atom stereocenters. The first-order valence-electron chi connectivity index (χ1n) is 12.7. The normalized spacial score (nSPS) is 24.4. The largest absolute Gasteiger partial charge is 0.586 e. The van der Waals surface area contributed by atoms with E-state index in [1.807, 2.05) is 6.07 Å². The minimum Gasteiger partial charge on any atom is -0.497 e. The molecule has 0 unspecified atom stereocenters. The Kier molecular flexibility index (Phi) is 6.05. The van der Waals surface area contributed by atoms with Gasteiger partial charge in [-0.1, -0.05) is 6.07 Å². The molecule has 9 nitrogen and oxygen atoms in total. The SMILES string of the molecule is COc1ccc2c(c1)O[C@@H](C(=O)N1CCCOCC1)C[C@H]2NC(=O)C1(c2ccc3c(c2)OC(F)(F)O3)CC1. The number of alkyl halides is 2. The summed E-state index contributed by atoms with van der Waals surface area (Å²) in [6, 6.07) is 9.28. The Hall–Kier alpha value is -3.60. The van der Waals surface area contributed by atoms with E-state index >= 15 is 0 Å². The third-order valence-corrected chi connectivity index (χ3v) is 7.57. The molecule has 38 heavy (non-hydrogen) atoms. The van der Waals surface area contributed by atoms with E-state index in [1.54, 1.807) is 30.2 Å². The van der Waals surface area contributed by atoms with Crippen LogP contribution in [0.4, 0.5) is 8.78 Å². The highest BCUT2D eigenvalue weighted by molar-refractivity contribution is 5.92. The van der Waals surface area contributed by atoms with Crippen molar-refractivity contribution >= 4 is 11.8 Å². The van der Waals surface area contributed by atoms with Crippen LogP contribution in [0.25, 0.3) is 0 Å². The van der Waals surface area contributed by atoms with Crippen molar-refractivity contribution in [3.63, 3.8) is 0 Å². The number of fused-ring (bicyclic) bond motifs is 2. The van der Waals surface area contributed by atoms with Crippen LogP contribution in [0.3, 0.4) is 0 Å². The Morgan fingerprint density at radius 1 is 1.03 bits per heavy atom. The maximum absolute atomic E-state index is 13.7. The number of benzene rings is 2. The van der Waals surface area contributed by atoms with Crippen molar-refractivity contribution in [1.82, 2.24) is 10.2 Å². The minimum atomic E-state index is -3.73. The van der Waals surface area contributed by atoms with Crippen LogP contribution in [-0.4, -0.2) is 62.5 Å². The van der Waals surface area contributed by atoms with Crippen LogP contribution < -0.4 is 24.3 Å². The Labute approximate surface area is 217 Å². The zero-order chi connectivity index (χ0) is 26.5. The van der Waals surface area contributed by atoms with Gasteiger partial charge in [-0.05, 0) is 49.1 Å². The minimum absolute atomic E-state index is 0.0671. The van der Waals surface area contributed by atoms with Crippen LogP contribution in [0.1, 0.15) is 42.9 Å². The summed E-state index contributed by atoms with van der Waals surface area (Å²) in [7, 11) is 1.54. The quantitative estimate of drug-likeness (QED) is 0.634. The van der Waals surface area contributed by atoms with Crippen molar-refractivity contribution in [1.29, 1.82) is 0 Å².